The second-order valence-electron chi connectivity index (χ2n) is 5.96. The number of nitrogens with zero attached hydrogens (tertiary/aromatic N) is 1. The molecule has 22 heavy (non-hydrogen) atoms. The van der Waals surface area contributed by atoms with Gasteiger partial charge in [0, 0.05) is 12.6 Å². The molecule has 1 saturated carbocycles. The van der Waals surface area contributed by atoms with Crippen molar-refractivity contribution >= 4 is 23.3 Å². The van der Waals surface area contributed by atoms with Crippen LogP contribution in [0.1, 0.15) is 54.9 Å². The van der Waals surface area contributed by atoms with Crippen molar-refractivity contribution in [3.05, 3.63) is 28.3 Å². The molecule has 122 valence electrons. The predicted molar refractivity (Wildman–Crippen MR) is 90.2 cm³/mol. The second-order valence-corrected chi connectivity index (χ2v) is 6.37. The monoisotopic (exact) mass is 324 g/mol. The Morgan fingerprint density at radius 3 is 2.68 bits per heavy atom. The van der Waals surface area contributed by atoms with Gasteiger partial charge in [-0.05, 0) is 44.5 Å². The van der Waals surface area contributed by atoms with Crippen LogP contribution >= 0.6 is 11.6 Å². The molecule has 5 heteroatoms. The van der Waals surface area contributed by atoms with Crippen LogP contribution in [0.4, 0.5) is 5.69 Å². The van der Waals surface area contributed by atoms with E-state index in [0.717, 1.165) is 5.56 Å². The van der Waals surface area contributed by atoms with Crippen LogP contribution in [-0.4, -0.2) is 30.6 Å². The number of hydrogen-bond acceptors (Lipinski definition) is 4. The van der Waals surface area contributed by atoms with E-state index < -0.39 is 0 Å². The molecule has 4 nitrogen and oxygen atoms in total. The largest absolute Gasteiger partial charge is 0.462 e. The van der Waals surface area contributed by atoms with Crippen molar-refractivity contribution < 1.29 is 9.53 Å². The minimum absolute atomic E-state index is 0.345. The van der Waals surface area contributed by atoms with E-state index in [1.807, 2.05) is 0 Å². The van der Waals surface area contributed by atoms with Crippen molar-refractivity contribution in [1.29, 1.82) is 0 Å². The lowest BCUT2D eigenvalue weighted by molar-refractivity contribution is 0.0526. The molecule has 1 aromatic carbocycles. The fourth-order valence-electron chi connectivity index (χ4n) is 3.06. The van der Waals surface area contributed by atoms with Crippen molar-refractivity contribution in [3.8, 4) is 0 Å². The maximum atomic E-state index is 11.9. The molecule has 0 bridgehead atoms. The van der Waals surface area contributed by atoms with Crippen LogP contribution in [0, 0.1) is 0 Å². The molecule has 0 amide bonds. The molecule has 0 spiro atoms. The third-order valence-electron chi connectivity index (χ3n) is 4.34. The van der Waals surface area contributed by atoms with Gasteiger partial charge in [0.2, 0.25) is 0 Å². The van der Waals surface area contributed by atoms with Gasteiger partial charge in [-0.25, -0.2) is 4.79 Å². The van der Waals surface area contributed by atoms with Crippen molar-refractivity contribution in [2.45, 2.75) is 51.6 Å². The molecule has 1 fully saturated rings. The highest BCUT2D eigenvalue weighted by Crippen LogP contribution is 2.29. The molecule has 0 heterocycles. The lowest BCUT2D eigenvalue weighted by Crippen LogP contribution is -2.33. The highest BCUT2D eigenvalue weighted by Gasteiger charge is 2.20. The first kappa shape index (κ1) is 17.1. The zero-order valence-electron chi connectivity index (χ0n) is 13.4. The summed E-state index contributed by atoms with van der Waals surface area (Å²) in [6, 6.07) is 3.97. The molecule has 0 radical (unpaired) electrons. The Hall–Kier alpha value is -1.26. The van der Waals surface area contributed by atoms with Gasteiger partial charge in [-0.3, -0.25) is 4.90 Å². The number of ether oxygens (including phenoxy) is 1. The lowest BCUT2D eigenvalue weighted by Gasteiger charge is -2.31. The van der Waals surface area contributed by atoms with E-state index in [2.05, 4.69) is 11.9 Å². The summed E-state index contributed by atoms with van der Waals surface area (Å²) in [5, 5.41) is 0.414. The number of carbonyl (C=O) groups is 1. The highest BCUT2D eigenvalue weighted by molar-refractivity contribution is 6.33. The minimum atomic E-state index is -0.356. The summed E-state index contributed by atoms with van der Waals surface area (Å²) in [6.07, 6.45) is 6.35. The summed E-state index contributed by atoms with van der Waals surface area (Å²) in [6.45, 7) is 2.83. The summed E-state index contributed by atoms with van der Waals surface area (Å²) in [4.78, 5) is 14.2. The van der Waals surface area contributed by atoms with E-state index in [4.69, 9.17) is 22.1 Å². The summed E-state index contributed by atoms with van der Waals surface area (Å²) in [5.74, 6) is -0.356. The summed E-state index contributed by atoms with van der Waals surface area (Å²) < 4.78 is 5.05. The van der Waals surface area contributed by atoms with Gasteiger partial charge in [0.15, 0.2) is 0 Å². The number of nitrogen functional groups attached to an aromatic ring is 1. The van der Waals surface area contributed by atoms with Gasteiger partial charge in [-0.1, -0.05) is 30.9 Å². The molecule has 1 aromatic rings. The minimum Gasteiger partial charge on any atom is -0.462 e. The Bertz CT molecular complexity index is 528. The van der Waals surface area contributed by atoms with Crippen LogP contribution < -0.4 is 5.73 Å². The van der Waals surface area contributed by atoms with E-state index in [-0.39, 0.29) is 5.97 Å². The lowest BCUT2D eigenvalue weighted by atomic mass is 9.94. The van der Waals surface area contributed by atoms with Gasteiger partial charge >= 0.3 is 5.97 Å². The summed E-state index contributed by atoms with van der Waals surface area (Å²) in [5.41, 5.74) is 8.00. The van der Waals surface area contributed by atoms with E-state index in [9.17, 15) is 4.79 Å². The van der Waals surface area contributed by atoms with Crippen LogP contribution in [0.5, 0.6) is 0 Å². The van der Waals surface area contributed by atoms with Gasteiger partial charge in [-0.2, -0.15) is 0 Å². The number of carbonyl (C=O) groups excluding carboxylic acids is 1. The average molecular weight is 325 g/mol. The number of anilines is 1. The van der Waals surface area contributed by atoms with Crippen LogP contribution in [0.15, 0.2) is 12.1 Å². The smallest absolute Gasteiger partial charge is 0.338 e. The van der Waals surface area contributed by atoms with E-state index >= 15 is 0 Å². The quantitative estimate of drug-likeness (QED) is 0.660. The van der Waals surface area contributed by atoms with Crippen molar-refractivity contribution in [1.82, 2.24) is 4.90 Å². The average Bonchev–Trinajstić information content (AvgIpc) is 2.52. The van der Waals surface area contributed by atoms with Crippen molar-refractivity contribution in [2.24, 2.45) is 0 Å². The predicted octanol–water partition coefficient (Wildman–Crippen LogP) is 3.86. The van der Waals surface area contributed by atoms with E-state index in [0.29, 0.717) is 35.5 Å². The van der Waals surface area contributed by atoms with Gasteiger partial charge in [0.05, 0.1) is 22.9 Å². The first-order valence-electron chi connectivity index (χ1n) is 7.98. The molecule has 0 atom stereocenters. The Balaban J connectivity index is 2.16. The molecular formula is C17H25ClN2O2. The number of nitrogens with two attached hydrogens (primary N) is 1. The molecule has 1 aliphatic rings. The molecule has 2 rings (SSSR count). The van der Waals surface area contributed by atoms with Crippen LogP contribution in [-0.2, 0) is 11.3 Å². The van der Waals surface area contributed by atoms with Gasteiger partial charge in [0.25, 0.3) is 0 Å². The fraction of sp³-hybridized carbons (Fsp3) is 0.588. The number of rotatable bonds is 5. The molecule has 0 unspecified atom stereocenters. The second kappa shape index (κ2) is 7.84. The standard InChI is InChI=1S/C17H25ClN2O2/c1-3-22-17(21)12-9-13(16(19)15(18)10-12)11-20(2)14-7-5-4-6-8-14/h9-10,14H,3-8,11,19H2,1-2H3. The molecule has 2 N–H and O–H groups in total. The zero-order chi connectivity index (χ0) is 16.1. The molecule has 0 saturated heterocycles. The Morgan fingerprint density at radius 2 is 2.05 bits per heavy atom. The Labute approximate surface area is 137 Å². The van der Waals surface area contributed by atoms with E-state index in [1.165, 1.54) is 32.1 Å². The first-order valence-corrected chi connectivity index (χ1v) is 8.36. The Morgan fingerprint density at radius 1 is 1.36 bits per heavy atom. The van der Waals surface area contributed by atoms with Crippen molar-refractivity contribution in [2.75, 3.05) is 19.4 Å². The van der Waals surface area contributed by atoms with Crippen LogP contribution in [0.2, 0.25) is 5.02 Å². The van der Waals surface area contributed by atoms with Gasteiger partial charge in [-0.15, -0.1) is 0 Å². The van der Waals surface area contributed by atoms with E-state index in [1.54, 1.807) is 19.1 Å². The molecular weight excluding hydrogens is 300 g/mol. The van der Waals surface area contributed by atoms with Gasteiger partial charge in [0.1, 0.15) is 0 Å². The van der Waals surface area contributed by atoms with Crippen LogP contribution in [0.25, 0.3) is 0 Å². The summed E-state index contributed by atoms with van der Waals surface area (Å²) in [7, 11) is 2.11. The number of esters is 1. The number of halogens is 1. The highest BCUT2D eigenvalue weighted by atomic mass is 35.5. The molecule has 0 aromatic heterocycles. The van der Waals surface area contributed by atoms with Crippen molar-refractivity contribution in [3.63, 3.8) is 0 Å². The summed E-state index contributed by atoms with van der Waals surface area (Å²) >= 11 is 6.18. The van der Waals surface area contributed by atoms with Gasteiger partial charge < -0.3 is 10.5 Å². The maximum Gasteiger partial charge on any atom is 0.338 e. The third-order valence-corrected chi connectivity index (χ3v) is 4.66. The molecule has 0 aliphatic heterocycles. The Kier molecular flexibility index (Phi) is 6.09. The number of benzene rings is 1. The first-order chi connectivity index (χ1) is 10.5. The normalized spacial score (nSPS) is 16.0. The fourth-order valence-corrected chi connectivity index (χ4v) is 3.30. The number of hydrogen-bond donors (Lipinski definition) is 1. The maximum absolute atomic E-state index is 11.9. The zero-order valence-corrected chi connectivity index (χ0v) is 14.2. The van der Waals surface area contributed by atoms with Crippen LogP contribution in [0.3, 0.4) is 0 Å². The molecule has 1 aliphatic carbocycles. The topological polar surface area (TPSA) is 55.6 Å². The SMILES string of the molecule is CCOC(=O)c1cc(Cl)c(N)c(CN(C)C2CCCCC2)c1. The third kappa shape index (κ3) is 4.14.